The molecule has 0 amide bonds. The first-order valence-electron chi connectivity index (χ1n) is 9.29. The van der Waals surface area contributed by atoms with E-state index in [2.05, 4.69) is 10.2 Å². The van der Waals surface area contributed by atoms with Gasteiger partial charge >= 0.3 is 170 Å². The van der Waals surface area contributed by atoms with Gasteiger partial charge in [-0.1, -0.05) is 0 Å². The van der Waals surface area contributed by atoms with Gasteiger partial charge in [-0.15, -0.1) is 0 Å². The van der Waals surface area contributed by atoms with Gasteiger partial charge in [0.1, 0.15) is 0 Å². The van der Waals surface area contributed by atoms with Crippen LogP contribution in [-0.2, 0) is 11.2 Å². The van der Waals surface area contributed by atoms with Crippen LogP contribution in [0.1, 0.15) is 34.1 Å². The summed E-state index contributed by atoms with van der Waals surface area (Å²) >= 11 is -4.14. The van der Waals surface area contributed by atoms with E-state index in [-0.39, 0.29) is 0 Å². The Morgan fingerprint density at radius 3 is 1.68 bits per heavy atom. The first-order chi connectivity index (χ1) is 13.0. The summed E-state index contributed by atoms with van der Waals surface area (Å²) in [5.41, 5.74) is 1.57. The quantitative estimate of drug-likeness (QED) is 0.504. The summed E-state index contributed by atoms with van der Waals surface area (Å²) in [5, 5.41) is 8.53. The minimum atomic E-state index is -4.14. The molecule has 0 atom stereocenters. The molecule has 0 bridgehead atoms. The van der Waals surface area contributed by atoms with Crippen LogP contribution in [0.15, 0.2) is 58.8 Å². The zero-order chi connectivity index (χ0) is 20.6. The molecule has 0 N–H and O–H groups in total. The second-order valence-electron chi connectivity index (χ2n) is 8.50. The number of anilines is 1. The van der Waals surface area contributed by atoms with Crippen molar-refractivity contribution in [2.24, 2.45) is 10.2 Å². The third-order valence-electron chi connectivity index (χ3n) is 4.40. The van der Waals surface area contributed by atoms with Crippen LogP contribution < -0.4 is 9.25 Å². The maximum absolute atomic E-state index is 13.4. The molecule has 2 aromatic rings. The maximum atomic E-state index is 13.4. The molecule has 2 aromatic carbocycles. The Labute approximate surface area is 169 Å². The van der Waals surface area contributed by atoms with Gasteiger partial charge in [0, 0.05) is 0 Å². The predicted molar refractivity (Wildman–Crippen MR) is 112 cm³/mol. The molecular formula is C21H28AsN3O3. The van der Waals surface area contributed by atoms with Gasteiger partial charge in [-0.3, -0.25) is 0 Å². The van der Waals surface area contributed by atoms with Crippen LogP contribution in [0.5, 0.6) is 0 Å². The van der Waals surface area contributed by atoms with Crippen LogP contribution in [0.2, 0.25) is 0 Å². The average molecular weight is 445 g/mol. The van der Waals surface area contributed by atoms with Crippen molar-refractivity contribution in [3.05, 3.63) is 48.5 Å². The second-order valence-corrected chi connectivity index (χ2v) is 12.4. The van der Waals surface area contributed by atoms with Gasteiger partial charge in [-0.05, 0) is 0 Å². The van der Waals surface area contributed by atoms with E-state index in [1.165, 1.54) is 0 Å². The Hall–Kier alpha value is -1.88. The first-order valence-corrected chi connectivity index (χ1v) is 12.5. The Balaban J connectivity index is 1.77. The van der Waals surface area contributed by atoms with Crippen molar-refractivity contribution >= 4 is 35.6 Å². The fraction of sp³-hybridized carbons (Fsp3) is 0.429. The summed E-state index contributed by atoms with van der Waals surface area (Å²) in [7, 11) is 3.99. The minimum absolute atomic E-state index is 0.492. The van der Waals surface area contributed by atoms with E-state index in [4.69, 9.17) is 7.45 Å². The van der Waals surface area contributed by atoms with Gasteiger partial charge in [0.05, 0.1) is 0 Å². The fourth-order valence-electron chi connectivity index (χ4n) is 3.50. The van der Waals surface area contributed by atoms with Crippen molar-refractivity contribution in [1.29, 1.82) is 0 Å². The van der Waals surface area contributed by atoms with E-state index in [1.807, 2.05) is 71.0 Å². The Kier molecular flexibility index (Phi) is 5.59. The molecular weight excluding hydrogens is 417 g/mol. The number of rotatable bonds is 4. The number of azo groups is 1. The van der Waals surface area contributed by atoms with Crippen molar-refractivity contribution in [3.63, 3.8) is 0 Å². The summed E-state index contributed by atoms with van der Waals surface area (Å²) in [6.07, 6.45) is 0.685. The summed E-state index contributed by atoms with van der Waals surface area (Å²) in [6.45, 7) is 7.82. The van der Waals surface area contributed by atoms with E-state index in [0.717, 1.165) is 11.4 Å². The van der Waals surface area contributed by atoms with Gasteiger partial charge in [-0.2, -0.15) is 0 Å². The van der Waals surface area contributed by atoms with E-state index >= 15 is 0 Å². The molecule has 150 valence electrons. The molecule has 0 unspecified atom stereocenters. The van der Waals surface area contributed by atoms with Crippen LogP contribution in [0, 0.1) is 0 Å². The molecule has 28 heavy (non-hydrogen) atoms. The molecule has 1 aliphatic rings. The number of benzene rings is 2. The van der Waals surface area contributed by atoms with Gasteiger partial charge in [-0.25, -0.2) is 0 Å². The van der Waals surface area contributed by atoms with Gasteiger partial charge in [0.2, 0.25) is 0 Å². The zero-order valence-electron chi connectivity index (χ0n) is 17.3. The van der Waals surface area contributed by atoms with Crippen LogP contribution in [0.3, 0.4) is 0 Å². The van der Waals surface area contributed by atoms with Crippen molar-refractivity contribution in [2.75, 3.05) is 19.0 Å². The van der Waals surface area contributed by atoms with Gasteiger partial charge in [0.25, 0.3) is 0 Å². The summed E-state index contributed by atoms with van der Waals surface area (Å²) in [6, 6.07) is 14.9. The van der Waals surface area contributed by atoms with E-state index < -0.39 is 25.4 Å². The van der Waals surface area contributed by atoms with Gasteiger partial charge in [0.15, 0.2) is 0 Å². The predicted octanol–water partition coefficient (Wildman–Crippen LogP) is 4.74. The van der Waals surface area contributed by atoms with Crippen molar-refractivity contribution in [1.82, 2.24) is 0 Å². The number of hydrogen-bond donors (Lipinski definition) is 0. The standard InChI is InChI=1S/C21H28AsN3O3/c1-20(2)15-21(3,4)28-22(26,27-20)16-7-9-17(10-8-16)23-24-18-11-13-19(14-12-18)25(5)6/h7-14H,15H2,1-6H3. The molecule has 6 nitrogen and oxygen atoms in total. The average Bonchev–Trinajstić information content (AvgIpc) is 2.57. The van der Waals surface area contributed by atoms with E-state index in [1.54, 1.807) is 24.3 Å². The molecule has 0 spiro atoms. The molecule has 0 aromatic heterocycles. The normalized spacial score (nSPS) is 20.2. The Bertz CT molecular complexity index is 883. The van der Waals surface area contributed by atoms with Crippen LogP contribution in [0.4, 0.5) is 17.1 Å². The third-order valence-corrected chi connectivity index (χ3v) is 9.43. The molecule has 1 heterocycles. The molecule has 1 fully saturated rings. The molecule has 0 aliphatic carbocycles. The number of nitrogens with zero attached hydrogens (tertiary/aromatic N) is 3. The summed E-state index contributed by atoms with van der Waals surface area (Å²) < 4.78 is 25.8. The van der Waals surface area contributed by atoms with Crippen LogP contribution in [0.25, 0.3) is 0 Å². The third kappa shape index (κ3) is 4.93. The Morgan fingerprint density at radius 1 is 0.821 bits per heavy atom. The SMILES string of the molecule is CN(C)c1ccc(N=Nc2ccc([As]3(=O)OC(C)(C)CC(C)(C)O3)cc2)cc1. The molecule has 0 radical (unpaired) electrons. The fourth-order valence-corrected chi connectivity index (χ4v) is 8.10. The van der Waals surface area contributed by atoms with E-state index in [0.29, 0.717) is 16.5 Å². The van der Waals surface area contributed by atoms with Crippen molar-refractivity contribution < 1.29 is 11.2 Å². The topological polar surface area (TPSA) is 63.5 Å². The number of hydrogen-bond acceptors (Lipinski definition) is 6. The molecule has 1 aliphatic heterocycles. The van der Waals surface area contributed by atoms with Crippen molar-refractivity contribution in [3.8, 4) is 0 Å². The second kappa shape index (κ2) is 7.51. The van der Waals surface area contributed by atoms with Crippen LogP contribution in [-0.4, -0.2) is 39.5 Å². The van der Waals surface area contributed by atoms with Gasteiger partial charge < -0.3 is 0 Å². The Morgan fingerprint density at radius 2 is 1.25 bits per heavy atom. The molecule has 7 heteroatoms. The van der Waals surface area contributed by atoms with Crippen LogP contribution >= 0.6 is 0 Å². The zero-order valence-corrected chi connectivity index (χ0v) is 19.2. The molecule has 0 saturated carbocycles. The summed E-state index contributed by atoms with van der Waals surface area (Å²) in [4.78, 5) is 2.03. The van der Waals surface area contributed by atoms with Crippen molar-refractivity contribution in [2.45, 2.75) is 45.3 Å². The molecule has 3 rings (SSSR count). The summed E-state index contributed by atoms with van der Waals surface area (Å²) in [5.74, 6) is 0. The molecule has 1 saturated heterocycles. The van der Waals surface area contributed by atoms with E-state index in [9.17, 15) is 3.74 Å². The monoisotopic (exact) mass is 445 g/mol. The first kappa shape index (κ1) is 20.8.